The van der Waals surface area contributed by atoms with Crippen molar-refractivity contribution < 1.29 is 9.66 Å². The van der Waals surface area contributed by atoms with Gasteiger partial charge in [-0.15, -0.1) is 0 Å². The molecule has 1 N–H and O–H groups in total. The fourth-order valence-corrected chi connectivity index (χ4v) is 3.91. The molecule has 2 aliphatic heterocycles. The Bertz CT molecular complexity index is 1130. The van der Waals surface area contributed by atoms with Crippen LogP contribution in [-0.4, -0.2) is 9.93 Å². The summed E-state index contributed by atoms with van der Waals surface area (Å²) in [6.45, 7) is 2.06. The Morgan fingerprint density at radius 1 is 1.03 bits per heavy atom. The molecular formula is C23H19N3O3. The van der Waals surface area contributed by atoms with Crippen molar-refractivity contribution in [3.63, 3.8) is 0 Å². The van der Waals surface area contributed by atoms with Gasteiger partial charge in [0.15, 0.2) is 6.23 Å². The Balaban J connectivity index is 1.60. The summed E-state index contributed by atoms with van der Waals surface area (Å²) in [4.78, 5) is 10.9. The number of hydrogen-bond donors (Lipinski definition) is 1. The number of hydrazine groups is 1. The molecule has 3 aromatic rings. The molecule has 6 heteroatoms. The lowest BCUT2D eigenvalue weighted by Crippen LogP contribution is -2.43. The number of nitro benzene ring substituents is 1. The molecule has 0 saturated carbocycles. The van der Waals surface area contributed by atoms with E-state index < -0.39 is 6.23 Å². The number of nitrogens with zero attached hydrogens (tertiary/aromatic N) is 2. The summed E-state index contributed by atoms with van der Waals surface area (Å²) in [6, 6.07) is 22.8. The second-order valence-electron chi connectivity index (χ2n) is 7.27. The molecule has 0 bridgehead atoms. The maximum Gasteiger partial charge on any atom is 0.269 e. The van der Waals surface area contributed by atoms with Crippen molar-refractivity contribution in [1.82, 2.24) is 10.4 Å². The minimum atomic E-state index is -0.493. The van der Waals surface area contributed by atoms with Crippen molar-refractivity contribution in [2.24, 2.45) is 0 Å². The van der Waals surface area contributed by atoms with Crippen LogP contribution in [0.25, 0.3) is 5.70 Å². The standard InChI is InChI=1S/C23H19N3O3/c1-15-10-11-22-19(12-15)21-14-20(16-6-3-2-4-7-16)24-25(21)23(29-22)17-8-5-9-18(13-17)26(27)28/h2-14,21,23-24H,1H3. The van der Waals surface area contributed by atoms with Crippen LogP contribution in [0.15, 0.2) is 78.9 Å². The smallest absolute Gasteiger partial charge is 0.269 e. The quantitative estimate of drug-likeness (QED) is 0.513. The lowest BCUT2D eigenvalue weighted by Gasteiger charge is -2.39. The van der Waals surface area contributed by atoms with Gasteiger partial charge in [-0.1, -0.05) is 60.2 Å². The first-order valence-corrected chi connectivity index (χ1v) is 9.44. The summed E-state index contributed by atoms with van der Waals surface area (Å²) in [5, 5.41) is 13.3. The van der Waals surface area contributed by atoms with Crippen LogP contribution in [0, 0.1) is 17.0 Å². The molecule has 6 nitrogen and oxygen atoms in total. The number of benzene rings is 3. The van der Waals surface area contributed by atoms with Gasteiger partial charge >= 0.3 is 0 Å². The molecule has 0 saturated heterocycles. The topological polar surface area (TPSA) is 67.6 Å². The highest BCUT2D eigenvalue weighted by Gasteiger charge is 2.40. The molecule has 0 fully saturated rings. The number of hydrogen-bond acceptors (Lipinski definition) is 5. The molecule has 3 aromatic carbocycles. The van der Waals surface area contributed by atoms with Crippen LogP contribution in [0.2, 0.25) is 0 Å². The van der Waals surface area contributed by atoms with Gasteiger partial charge in [-0.3, -0.25) is 10.1 Å². The monoisotopic (exact) mass is 385 g/mol. The van der Waals surface area contributed by atoms with Crippen LogP contribution in [0.5, 0.6) is 5.75 Å². The first-order valence-electron chi connectivity index (χ1n) is 9.44. The highest BCUT2D eigenvalue weighted by atomic mass is 16.6. The van der Waals surface area contributed by atoms with Gasteiger partial charge < -0.3 is 10.2 Å². The Morgan fingerprint density at radius 2 is 1.86 bits per heavy atom. The second-order valence-corrected chi connectivity index (χ2v) is 7.27. The zero-order chi connectivity index (χ0) is 20.0. The van der Waals surface area contributed by atoms with E-state index in [-0.39, 0.29) is 16.7 Å². The van der Waals surface area contributed by atoms with Crippen molar-refractivity contribution in [2.45, 2.75) is 19.2 Å². The van der Waals surface area contributed by atoms with Crippen molar-refractivity contribution in [3.05, 3.63) is 111 Å². The van der Waals surface area contributed by atoms with E-state index in [9.17, 15) is 10.1 Å². The number of nitro groups is 1. The van der Waals surface area contributed by atoms with Gasteiger partial charge in [0.05, 0.1) is 16.7 Å². The maximum atomic E-state index is 11.3. The summed E-state index contributed by atoms with van der Waals surface area (Å²) >= 11 is 0. The van der Waals surface area contributed by atoms with Crippen LogP contribution in [-0.2, 0) is 0 Å². The number of rotatable bonds is 3. The number of non-ortho nitro benzene ring substituents is 1. The fourth-order valence-electron chi connectivity index (χ4n) is 3.91. The third kappa shape index (κ3) is 3.03. The van der Waals surface area contributed by atoms with Gasteiger partial charge in [0.25, 0.3) is 5.69 Å². The molecule has 0 aromatic heterocycles. The Hall–Kier alpha value is -3.64. The summed E-state index contributed by atoms with van der Waals surface area (Å²) in [5.41, 5.74) is 8.54. The number of aryl methyl sites for hydroxylation is 1. The predicted octanol–water partition coefficient (Wildman–Crippen LogP) is 4.90. The van der Waals surface area contributed by atoms with Crippen LogP contribution in [0.3, 0.4) is 0 Å². The van der Waals surface area contributed by atoms with E-state index in [0.29, 0.717) is 0 Å². The Kier molecular flexibility index (Phi) is 4.07. The van der Waals surface area contributed by atoms with Gasteiger partial charge in [-0.2, -0.15) is 5.01 Å². The molecule has 2 aliphatic rings. The molecule has 0 spiro atoms. The Morgan fingerprint density at radius 3 is 2.66 bits per heavy atom. The second kappa shape index (κ2) is 6.76. The largest absolute Gasteiger partial charge is 0.469 e. The normalized spacial score (nSPS) is 20.1. The molecule has 2 atom stereocenters. The average Bonchev–Trinajstić information content (AvgIpc) is 3.20. The van der Waals surface area contributed by atoms with Gasteiger partial charge in [0, 0.05) is 23.3 Å². The third-order valence-corrected chi connectivity index (χ3v) is 5.30. The lowest BCUT2D eigenvalue weighted by atomic mass is 9.99. The van der Waals surface area contributed by atoms with Gasteiger partial charge in [-0.25, -0.2) is 0 Å². The first kappa shape index (κ1) is 17.5. The molecule has 29 heavy (non-hydrogen) atoms. The molecule has 2 unspecified atom stereocenters. The minimum absolute atomic E-state index is 0.0434. The van der Waals surface area contributed by atoms with E-state index in [1.165, 1.54) is 6.07 Å². The maximum absolute atomic E-state index is 11.3. The first-order chi connectivity index (χ1) is 14.1. The summed E-state index contributed by atoms with van der Waals surface area (Å²) in [7, 11) is 0. The van der Waals surface area contributed by atoms with E-state index in [1.54, 1.807) is 12.1 Å². The van der Waals surface area contributed by atoms with Gasteiger partial charge in [-0.05, 0) is 24.6 Å². The zero-order valence-corrected chi connectivity index (χ0v) is 15.8. The fraction of sp³-hybridized carbons (Fsp3) is 0.130. The number of ether oxygens (including phenoxy) is 1. The van der Waals surface area contributed by atoms with Crippen molar-refractivity contribution in [3.8, 4) is 5.75 Å². The Labute approximate surface area is 168 Å². The predicted molar refractivity (Wildman–Crippen MR) is 110 cm³/mol. The van der Waals surface area contributed by atoms with Gasteiger partial charge in [0.2, 0.25) is 0 Å². The summed E-state index contributed by atoms with van der Waals surface area (Å²) in [6.07, 6.45) is 1.69. The molecule has 0 radical (unpaired) electrons. The summed E-state index contributed by atoms with van der Waals surface area (Å²) in [5.74, 6) is 0.792. The van der Waals surface area contributed by atoms with E-state index in [1.807, 2.05) is 41.4 Å². The highest BCUT2D eigenvalue weighted by Crippen LogP contribution is 2.46. The highest BCUT2D eigenvalue weighted by molar-refractivity contribution is 5.67. The minimum Gasteiger partial charge on any atom is -0.469 e. The van der Waals surface area contributed by atoms with E-state index in [0.717, 1.165) is 33.7 Å². The molecule has 2 heterocycles. The summed E-state index contributed by atoms with van der Waals surface area (Å²) < 4.78 is 6.31. The molecule has 0 aliphatic carbocycles. The van der Waals surface area contributed by atoms with Gasteiger partial charge in [0.1, 0.15) is 5.75 Å². The molecule has 0 amide bonds. The molecule has 144 valence electrons. The van der Waals surface area contributed by atoms with Crippen LogP contribution < -0.4 is 10.2 Å². The lowest BCUT2D eigenvalue weighted by molar-refractivity contribution is -0.385. The third-order valence-electron chi connectivity index (χ3n) is 5.30. The van der Waals surface area contributed by atoms with E-state index in [4.69, 9.17) is 4.74 Å². The number of nitrogens with one attached hydrogen (secondary N) is 1. The van der Waals surface area contributed by atoms with Crippen molar-refractivity contribution in [2.75, 3.05) is 0 Å². The van der Waals surface area contributed by atoms with Crippen LogP contribution in [0.4, 0.5) is 5.69 Å². The van der Waals surface area contributed by atoms with Crippen LogP contribution in [0.1, 0.15) is 34.5 Å². The van der Waals surface area contributed by atoms with E-state index in [2.05, 4.69) is 36.6 Å². The molecular weight excluding hydrogens is 366 g/mol. The number of fused-ring (bicyclic) bond motifs is 3. The van der Waals surface area contributed by atoms with Crippen molar-refractivity contribution >= 4 is 11.4 Å². The SMILES string of the molecule is Cc1ccc2c(c1)C1C=C(c3ccccc3)NN1C(c1cccc([N+](=O)[O-])c1)O2. The average molecular weight is 385 g/mol. The van der Waals surface area contributed by atoms with Crippen LogP contribution >= 0.6 is 0 Å². The van der Waals surface area contributed by atoms with Crippen molar-refractivity contribution in [1.29, 1.82) is 0 Å². The zero-order valence-electron chi connectivity index (χ0n) is 15.8. The molecule has 5 rings (SSSR count). The van der Waals surface area contributed by atoms with E-state index >= 15 is 0 Å².